The highest BCUT2D eigenvalue weighted by atomic mass is 16.2. The van der Waals surface area contributed by atoms with Gasteiger partial charge in [-0.2, -0.15) is 10.2 Å². The van der Waals surface area contributed by atoms with Gasteiger partial charge in [-0.1, -0.05) is 66.7 Å². The van der Waals surface area contributed by atoms with Crippen LogP contribution in [0.1, 0.15) is 23.0 Å². The van der Waals surface area contributed by atoms with Crippen LogP contribution < -0.4 is 5.43 Å². The Bertz CT molecular complexity index is 1130. The zero-order valence-electron chi connectivity index (χ0n) is 14.8. The highest BCUT2D eigenvalue weighted by Gasteiger charge is 2.11. The fraction of sp³-hybridized carbons (Fsp3) is 0.0455. The van der Waals surface area contributed by atoms with Crippen LogP contribution in [0.5, 0.6) is 0 Å². The van der Waals surface area contributed by atoms with Gasteiger partial charge >= 0.3 is 0 Å². The zero-order valence-corrected chi connectivity index (χ0v) is 14.8. The molecule has 0 aliphatic heterocycles. The standard InChI is InChI=1S/C22H18N4O/c1-15(16-7-3-2-4-8-16)23-26-22(27)21-14-20(24-25-21)19-12-11-17-9-5-6-10-18(17)13-19/h2-14H,1H3,(H,24,25)(H,26,27)/b23-15-. The molecule has 0 bridgehead atoms. The quantitative estimate of drug-likeness (QED) is 0.422. The maximum absolute atomic E-state index is 12.3. The first-order valence-corrected chi connectivity index (χ1v) is 8.65. The van der Waals surface area contributed by atoms with Gasteiger partial charge in [-0.25, -0.2) is 5.43 Å². The van der Waals surface area contributed by atoms with Crippen molar-refractivity contribution >= 4 is 22.4 Å². The van der Waals surface area contributed by atoms with Crippen molar-refractivity contribution in [3.8, 4) is 11.3 Å². The predicted molar refractivity (Wildman–Crippen MR) is 108 cm³/mol. The van der Waals surface area contributed by atoms with Crippen LogP contribution in [0, 0.1) is 0 Å². The molecule has 132 valence electrons. The number of nitrogens with one attached hydrogen (secondary N) is 2. The fourth-order valence-electron chi connectivity index (χ4n) is 2.87. The molecular formula is C22H18N4O. The molecule has 1 heterocycles. The number of hydrazone groups is 1. The van der Waals surface area contributed by atoms with Gasteiger partial charge in [0.1, 0.15) is 5.69 Å². The maximum Gasteiger partial charge on any atom is 0.289 e. The van der Waals surface area contributed by atoms with Gasteiger partial charge in [-0.3, -0.25) is 9.89 Å². The number of aromatic nitrogens is 2. The highest BCUT2D eigenvalue weighted by Crippen LogP contribution is 2.23. The third-order valence-electron chi connectivity index (χ3n) is 4.38. The molecule has 0 aliphatic carbocycles. The number of amides is 1. The number of hydrogen-bond acceptors (Lipinski definition) is 3. The molecule has 0 saturated heterocycles. The second kappa shape index (κ2) is 7.25. The number of carbonyl (C=O) groups excluding carboxylic acids is 1. The zero-order chi connectivity index (χ0) is 18.6. The van der Waals surface area contributed by atoms with Crippen LogP contribution in [0.3, 0.4) is 0 Å². The van der Waals surface area contributed by atoms with Gasteiger partial charge in [-0.15, -0.1) is 0 Å². The van der Waals surface area contributed by atoms with E-state index in [1.54, 1.807) is 6.07 Å². The molecule has 0 saturated carbocycles. The Morgan fingerprint density at radius 1 is 0.926 bits per heavy atom. The average Bonchev–Trinajstić information content (AvgIpc) is 3.22. The smallest absolute Gasteiger partial charge is 0.272 e. The second-order valence-electron chi connectivity index (χ2n) is 6.23. The highest BCUT2D eigenvalue weighted by molar-refractivity contribution is 6.00. The van der Waals surface area contributed by atoms with E-state index < -0.39 is 0 Å². The lowest BCUT2D eigenvalue weighted by molar-refractivity contribution is 0.0950. The number of rotatable bonds is 4. The van der Waals surface area contributed by atoms with Crippen LogP contribution in [0.2, 0.25) is 0 Å². The Labute approximate surface area is 156 Å². The lowest BCUT2D eigenvalue weighted by atomic mass is 10.1. The van der Waals surface area contributed by atoms with Crippen molar-refractivity contribution in [2.75, 3.05) is 0 Å². The summed E-state index contributed by atoms with van der Waals surface area (Å²) in [6, 6.07) is 25.7. The summed E-state index contributed by atoms with van der Waals surface area (Å²) < 4.78 is 0. The number of nitrogens with zero attached hydrogens (tertiary/aromatic N) is 2. The summed E-state index contributed by atoms with van der Waals surface area (Å²) in [5, 5.41) is 13.5. The molecule has 1 amide bonds. The van der Waals surface area contributed by atoms with Crippen molar-refractivity contribution in [3.63, 3.8) is 0 Å². The summed E-state index contributed by atoms with van der Waals surface area (Å²) in [7, 11) is 0. The molecule has 0 atom stereocenters. The SMILES string of the molecule is C/C(=N/NC(=O)c1cc(-c2ccc3ccccc3c2)n[nH]1)c1ccccc1. The molecule has 0 fully saturated rings. The summed E-state index contributed by atoms with van der Waals surface area (Å²) in [6.07, 6.45) is 0. The Kier molecular flexibility index (Phi) is 4.49. The molecule has 5 nitrogen and oxygen atoms in total. The Hall–Kier alpha value is -3.73. The van der Waals surface area contributed by atoms with Gasteiger partial charge in [0.25, 0.3) is 5.91 Å². The predicted octanol–water partition coefficient (Wildman–Crippen LogP) is 4.38. The van der Waals surface area contributed by atoms with Crippen molar-refractivity contribution in [1.29, 1.82) is 0 Å². The molecule has 3 aromatic carbocycles. The van der Waals surface area contributed by atoms with E-state index in [0.717, 1.165) is 27.9 Å². The number of hydrogen-bond donors (Lipinski definition) is 2. The summed E-state index contributed by atoms with van der Waals surface area (Å²) >= 11 is 0. The largest absolute Gasteiger partial charge is 0.289 e. The van der Waals surface area contributed by atoms with Crippen LogP contribution in [-0.2, 0) is 0 Å². The van der Waals surface area contributed by atoms with Crippen molar-refractivity contribution in [1.82, 2.24) is 15.6 Å². The van der Waals surface area contributed by atoms with Crippen molar-refractivity contribution < 1.29 is 4.79 Å². The van der Waals surface area contributed by atoms with E-state index in [9.17, 15) is 4.79 Å². The topological polar surface area (TPSA) is 70.1 Å². The molecular weight excluding hydrogens is 336 g/mol. The molecule has 0 radical (unpaired) electrons. The maximum atomic E-state index is 12.3. The van der Waals surface area contributed by atoms with E-state index in [-0.39, 0.29) is 5.91 Å². The van der Waals surface area contributed by atoms with Gasteiger partial charge in [-0.05, 0) is 35.4 Å². The third kappa shape index (κ3) is 3.62. The van der Waals surface area contributed by atoms with E-state index in [1.807, 2.05) is 61.5 Å². The second-order valence-corrected chi connectivity index (χ2v) is 6.23. The van der Waals surface area contributed by atoms with Crippen molar-refractivity contribution in [3.05, 3.63) is 90.1 Å². The molecule has 1 aromatic heterocycles. The molecule has 27 heavy (non-hydrogen) atoms. The first-order chi connectivity index (χ1) is 13.2. The normalized spacial score (nSPS) is 11.5. The molecule has 5 heteroatoms. The van der Waals surface area contributed by atoms with Gasteiger partial charge in [0.2, 0.25) is 0 Å². The van der Waals surface area contributed by atoms with Gasteiger partial charge in [0.05, 0.1) is 11.4 Å². The summed E-state index contributed by atoms with van der Waals surface area (Å²) in [5.41, 5.74) is 6.29. The van der Waals surface area contributed by atoms with E-state index in [4.69, 9.17) is 0 Å². The monoisotopic (exact) mass is 354 g/mol. The third-order valence-corrected chi connectivity index (χ3v) is 4.38. The van der Waals surface area contributed by atoms with E-state index in [2.05, 4.69) is 38.9 Å². The van der Waals surface area contributed by atoms with Gasteiger partial charge in [0, 0.05) is 5.56 Å². The fourth-order valence-corrected chi connectivity index (χ4v) is 2.87. The Balaban J connectivity index is 1.52. The lowest BCUT2D eigenvalue weighted by Crippen LogP contribution is -2.19. The number of fused-ring (bicyclic) bond motifs is 1. The average molecular weight is 354 g/mol. The minimum Gasteiger partial charge on any atom is -0.272 e. The molecule has 4 aromatic rings. The minimum absolute atomic E-state index is 0.329. The van der Waals surface area contributed by atoms with Crippen LogP contribution in [0.4, 0.5) is 0 Å². The molecule has 0 aliphatic rings. The summed E-state index contributed by atoms with van der Waals surface area (Å²) in [4.78, 5) is 12.3. The first-order valence-electron chi connectivity index (χ1n) is 8.65. The number of aromatic amines is 1. The number of carbonyl (C=O) groups is 1. The van der Waals surface area contributed by atoms with E-state index >= 15 is 0 Å². The number of H-pyrrole nitrogens is 1. The van der Waals surface area contributed by atoms with Crippen LogP contribution in [0.25, 0.3) is 22.0 Å². The molecule has 4 rings (SSSR count). The molecule has 2 N–H and O–H groups in total. The number of benzene rings is 3. The lowest BCUT2D eigenvalue weighted by Gasteiger charge is -2.01. The Morgan fingerprint density at radius 2 is 1.67 bits per heavy atom. The van der Waals surface area contributed by atoms with E-state index in [1.165, 1.54) is 5.39 Å². The van der Waals surface area contributed by atoms with E-state index in [0.29, 0.717) is 5.69 Å². The minimum atomic E-state index is -0.329. The van der Waals surface area contributed by atoms with Gasteiger partial charge in [0.15, 0.2) is 0 Å². The van der Waals surface area contributed by atoms with Crippen LogP contribution in [0.15, 0.2) is 84.0 Å². The molecule has 0 spiro atoms. The first kappa shape index (κ1) is 16.7. The Morgan fingerprint density at radius 3 is 2.48 bits per heavy atom. The molecule has 0 unspecified atom stereocenters. The van der Waals surface area contributed by atoms with Crippen molar-refractivity contribution in [2.24, 2.45) is 5.10 Å². The summed E-state index contributed by atoms with van der Waals surface area (Å²) in [5.74, 6) is -0.329. The van der Waals surface area contributed by atoms with Crippen molar-refractivity contribution in [2.45, 2.75) is 6.92 Å². The summed E-state index contributed by atoms with van der Waals surface area (Å²) in [6.45, 7) is 1.85. The van der Waals surface area contributed by atoms with Crippen LogP contribution >= 0.6 is 0 Å². The van der Waals surface area contributed by atoms with Gasteiger partial charge < -0.3 is 0 Å². The van der Waals surface area contributed by atoms with Crippen LogP contribution in [-0.4, -0.2) is 21.8 Å².